The number of nitrogens with two attached hydrogens (primary N) is 1. The van der Waals surface area contributed by atoms with Gasteiger partial charge in [-0.05, 0) is 6.07 Å². The molecule has 0 saturated heterocycles. The highest BCUT2D eigenvalue weighted by atomic mass is 35.5. The summed E-state index contributed by atoms with van der Waals surface area (Å²) in [7, 11) is 0. The Balaban J connectivity index is 2.31. The van der Waals surface area contributed by atoms with Crippen molar-refractivity contribution in [2.24, 2.45) is 5.73 Å². The van der Waals surface area contributed by atoms with Gasteiger partial charge in [-0.3, -0.25) is 0 Å². The standard InChI is InChI=1S/C9H13Cl2N3O/c10-7-5-8(11)9(14-6-7)13-2-4-15-3-1-12/h5-6H,1-4,12H2,(H,13,14). The Morgan fingerprint density at radius 2 is 2.20 bits per heavy atom. The summed E-state index contributed by atoms with van der Waals surface area (Å²) in [6.45, 7) is 2.29. The average Bonchev–Trinajstić information content (AvgIpc) is 2.20. The van der Waals surface area contributed by atoms with E-state index in [0.717, 1.165) is 0 Å². The first kappa shape index (κ1) is 12.5. The fourth-order valence-corrected chi connectivity index (χ4v) is 1.42. The maximum absolute atomic E-state index is 5.90. The Kier molecular flexibility index (Phi) is 5.71. The van der Waals surface area contributed by atoms with E-state index < -0.39 is 0 Å². The number of anilines is 1. The Hall–Kier alpha value is -0.550. The first-order valence-electron chi connectivity index (χ1n) is 4.56. The molecular weight excluding hydrogens is 237 g/mol. The lowest BCUT2D eigenvalue weighted by Gasteiger charge is -2.07. The molecule has 0 fully saturated rings. The topological polar surface area (TPSA) is 60.2 Å². The Bertz CT molecular complexity index is 309. The van der Waals surface area contributed by atoms with Crippen LogP contribution in [0.5, 0.6) is 0 Å². The van der Waals surface area contributed by atoms with E-state index in [9.17, 15) is 0 Å². The molecule has 0 aliphatic carbocycles. The largest absolute Gasteiger partial charge is 0.378 e. The predicted molar refractivity (Wildman–Crippen MR) is 62.6 cm³/mol. The Morgan fingerprint density at radius 1 is 1.40 bits per heavy atom. The van der Waals surface area contributed by atoms with Gasteiger partial charge in [0.2, 0.25) is 0 Å². The lowest BCUT2D eigenvalue weighted by Crippen LogP contribution is -2.15. The number of nitrogens with one attached hydrogen (secondary N) is 1. The molecule has 0 bridgehead atoms. The second-order valence-electron chi connectivity index (χ2n) is 2.81. The van der Waals surface area contributed by atoms with E-state index in [1.807, 2.05) is 0 Å². The zero-order chi connectivity index (χ0) is 11.1. The average molecular weight is 250 g/mol. The molecule has 0 amide bonds. The molecule has 0 atom stereocenters. The van der Waals surface area contributed by atoms with E-state index in [0.29, 0.717) is 42.2 Å². The first-order valence-corrected chi connectivity index (χ1v) is 5.32. The van der Waals surface area contributed by atoms with E-state index in [4.69, 9.17) is 33.7 Å². The van der Waals surface area contributed by atoms with Crippen molar-refractivity contribution in [3.8, 4) is 0 Å². The van der Waals surface area contributed by atoms with Crippen molar-refractivity contribution >= 4 is 29.0 Å². The van der Waals surface area contributed by atoms with Crippen LogP contribution in [-0.2, 0) is 4.74 Å². The minimum atomic E-state index is 0.501. The number of halogens is 2. The lowest BCUT2D eigenvalue weighted by molar-refractivity contribution is 0.151. The zero-order valence-corrected chi connectivity index (χ0v) is 9.68. The summed E-state index contributed by atoms with van der Waals surface area (Å²) in [6, 6.07) is 1.64. The summed E-state index contributed by atoms with van der Waals surface area (Å²) in [4.78, 5) is 4.04. The quantitative estimate of drug-likeness (QED) is 0.755. The summed E-state index contributed by atoms with van der Waals surface area (Å²) < 4.78 is 5.18. The van der Waals surface area contributed by atoms with E-state index in [-0.39, 0.29) is 0 Å². The zero-order valence-electron chi connectivity index (χ0n) is 8.17. The molecule has 0 spiro atoms. The predicted octanol–water partition coefficient (Wildman–Crippen LogP) is 1.78. The van der Waals surface area contributed by atoms with E-state index in [1.54, 1.807) is 6.07 Å². The lowest BCUT2D eigenvalue weighted by atomic mass is 10.4. The van der Waals surface area contributed by atoms with Crippen LogP contribution in [-0.4, -0.2) is 31.3 Å². The summed E-state index contributed by atoms with van der Waals surface area (Å²) >= 11 is 11.6. The van der Waals surface area contributed by atoms with Crippen LogP contribution in [0.25, 0.3) is 0 Å². The second kappa shape index (κ2) is 6.85. The maximum Gasteiger partial charge on any atom is 0.144 e. The molecule has 0 aliphatic heterocycles. The molecule has 1 aromatic rings. The summed E-state index contributed by atoms with van der Waals surface area (Å²) in [5.74, 6) is 0.609. The van der Waals surface area contributed by atoms with Gasteiger partial charge in [-0.15, -0.1) is 0 Å². The fourth-order valence-electron chi connectivity index (χ4n) is 0.972. The smallest absolute Gasteiger partial charge is 0.144 e. The molecular formula is C9H13Cl2N3O. The number of rotatable bonds is 6. The van der Waals surface area contributed by atoms with Crippen LogP contribution < -0.4 is 11.1 Å². The van der Waals surface area contributed by atoms with Crippen LogP contribution in [0.2, 0.25) is 10.0 Å². The van der Waals surface area contributed by atoms with Crippen molar-refractivity contribution in [1.82, 2.24) is 4.98 Å². The van der Waals surface area contributed by atoms with E-state index in [2.05, 4.69) is 10.3 Å². The Morgan fingerprint density at radius 3 is 2.87 bits per heavy atom. The molecule has 0 radical (unpaired) electrons. The molecule has 1 heterocycles. The molecule has 6 heteroatoms. The summed E-state index contributed by atoms with van der Waals surface area (Å²) in [5, 5.41) is 4.05. The monoisotopic (exact) mass is 249 g/mol. The van der Waals surface area contributed by atoms with Crippen molar-refractivity contribution in [2.75, 3.05) is 31.6 Å². The van der Waals surface area contributed by atoms with Crippen LogP contribution in [0, 0.1) is 0 Å². The Labute approximate surface area is 98.7 Å². The van der Waals surface area contributed by atoms with Gasteiger partial charge in [0.15, 0.2) is 0 Å². The van der Waals surface area contributed by atoms with Crippen LogP contribution in [0.4, 0.5) is 5.82 Å². The normalized spacial score (nSPS) is 10.3. The molecule has 0 saturated carbocycles. The molecule has 0 aromatic carbocycles. The molecule has 0 aliphatic rings. The van der Waals surface area contributed by atoms with Gasteiger partial charge in [-0.2, -0.15) is 0 Å². The maximum atomic E-state index is 5.90. The number of ether oxygens (including phenoxy) is 1. The number of hydrogen-bond donors (Lipinski definition) is 2. The minimum absolute atomic E-state index is 0.501. The van der Waals surface area contributed by atoms with Crippen LogP contribution in [0.1, 0.15) is 0 Å². The van der Waals surface area contributed by atoms with E-state index in [1.165, 1.54) is 6.20 Å². The number of hydrogen-bond acceptors (Lipinski definition) is 4. The third-order valence-corrected chi connectivity index (χ3v) is 2.10. The van der Waals surface area contributed by atoms with Gasteiger partial charge in [0.25, 0.3) is 0 Å². The van der Waals surface area contributed by atoms with Gasteiger partial charge in [-0.1, -0.05) is 23.2 Å². The molecule has 15 heavy (non-hydrogen) atoms. The molecule has 84 valence electrons. The number of pyridine rings is 1. The third-order valence-electron chi connectivity index (χ3n) is 1.61. The highest BCUT2D eigenvalue weighted by Crippen LogP contribution is 2.21. The van der Waals surface area contributed by atoms with Crippen LogP contribution in [0.15, 0.2) is 12.3 Å². The molecule has 1 aromatic heterocycles. The third kappa shape index (κ3) is 4.66. The second-order valence-corrected chi connectivity index (χ2v) is 3.66. The van der Waals surface area contributed by atoms with Crippen LogP contribution in [0.3, 0.4) is 0 Å². The summed E-state index contributed by atoms with van der Waals surface area (Å²) in [5.41, 5.74) is 5.27. The molecule has 4 nitrogen and oxygen atoms in total. The van der Waals surface area contributed by atoms with E-state index >= 15 is 0 Å². The van der Waals surface area contributed by atoms with Crippen molar-refractivity contribution in [1.29, 1.82) is 0 Å². The van der Waals surface area contributed by atoms with Crippen molar-refractivity contribution < 1.29 is 4.74 Å². The number of nitrogens with zero attached hydrogens (tertiary/aromatic N) is 1. The highest BCUT2D eigenvalue weighted by molar-refractivity contribution is 6.35. The fraction of sp³-hybridized carbons (Fsp3) is 0.444. The van der Waals surface area contributed by atoms with Crippen LogP contribution >= 0.6 is 23.2 Å². The van der Waals surface area contributed by atoms with Crippen molar-refractivity contribution in [3.63, 3.8) is 0 Å². The number of aromatic nitrogens is 1. The highest BCUT2D eigenvalue weighted by Gasteiger charge is 2.01. The summed E-state index contributed by atoms with van der Waals surface area (Å²) in [6.07, 6.45) is 1.54. The minimum Gasteiger partial charge on any atom is -0.378 e. The van der Waals surface area contributed by atoms with Gasteiger partial charge in [0, 0.05) is 19.3 Å². The molecule has 1 rings (SSSR count). The van der Waals surface area contributed by atoms with Crippen molar-refractivity contribution in [3.05, 3.63) is 22.3 Å². The SMILES string of the molecule is NCCOCCNc1ncc(Cl)cc1Cl. The molecule has 3 N–H and O–H groups in total. The van der Waals surface area contributed by atoms with Gasteiger partial charge in [0.1, 0.15) is 5.82 Å². The van der Waals surface area contributed by atoms with Gasteiger partial charge < -0.3 is 15.8 Å². The van der Waals surface area contributed by atoms with Crippen molar-refractivity contribution in [2.45, 2.75) is 0 Å². The van der Waals surface area contributed by atoms with Gasteiger partial charge in [-0.25, -0.2) is 4.98 Å². The molecule has 0 unspecified atom stereocenters. The van der Waals surface area contributed by atoms with Gasteiger partial charge in [0.05, 0.1) is 23.3 Å². The first-order chi connectivity index (χ1) is 7.24. The van der Waals surface area contributed by atoms with Gasteiger partial charge >= 0.3 is 0 Å².